The molecule has 1 atom stereocenters. The molecule has 1 aromatic rings. The predicted molar refractivity (Wildman–Crippen MR) is 84.8 cm³/mol. The molecule has 1 fully saturated rings. The summed E-state index contributed by atoms with van der Waals surface area (Å²) in [5, 5.41) is 11.3. The first-order valence-corrected chi connectivity index (χ1v) is 9.04. The van der Waals surface area contributed by atoms with Crippen molar-refractivity contribution < 1.29 is 23.1 Å². The minimum Gasteiger partial charge on any atom is -0.480 e. The fourth-order valence-electron chi connectivity index (χ4n) is 2.90. The molecule has 2 rings (SSSR count). The van der Waals surface area contributed by atoms with Gasteiger partial charge in [0, 0.05) is 0 Å². The summed E-state index contributed by atoms with van der Waals surface area (Å²) in [5.41, 5.74) is 0.924. The lowest BCUT2D eigenvalue weighted by atomic mass is 10.1. The third-order valence-electron chi connectivity index (χ3n) is 4.39. The van der Waals surface area contributed by atoms with Crippen LogP contribution >= 0.6 is 0 Å². The normalized spacial score (nSPS) is 18.3. The molecule has 0 spiro atoms. The van der Waals surface area contributed by atoms with E-state index in [0.29, 0.717) is 12.8 Å². The molecular formula is C16H21NO5S. The average molecular weight is 339 g/mol. The van der Waals surface area contributed by atoms with Crippen molar-refractivity contribution in [3.63, 3.8) is 0 Å². The number of benzene rings is 1. The van der Waals surface area contributed by atoms with Gasteiger partial charge in [0.05, 0.1) is 4.90 Å². The van der Waals surface area contributed by atoms with Gasteiger partial charge in [0.15, 0.2) is 14.6 Å². The summed E-state index contributed by atoms with van der Waals surface area (Å²) in [6, 6.07) is 5.24. The van der Waals surface area contributed by atoms with Crippen LogP contribution in [-0.4, -0.2) is 36.2 Å². The second kappa shape index (κ2) is 6.31. The van der Waals surface area contributed by atoms with E-state index >= 15 is 0 Å². The maximum atomic E-state index is 13.1. The monoisotopic (exact) mass is 339 g/mol. The van der Waals surface area contributed by atoms with Crippen LogP contribution < -0.4 is 5.32 Å². The summed E-state index contributed by atoms with van der Waals surface area (Å²) in [7, 11) is -3.89. The van der Waals surface area contributed by atoms with Crippen LogP contribution in [0.4, 0.5) is 0 Å². The molecule has 1 saturated carbocycles. The summed E-state index contributed by atoms with van der Waals surface area (Å²) in [5.74, 6) is -1.91. The molecule has 1 amide bonds. The smallest absolute Gasteiger partial charge is 0.325 e. The van der Waals surface area contributed by atoms with Gasteiger partial charge >= 0.3 is 5.97 Å². The number of carboxylic acids is 1. The van der Waals surface area contributed by atoms with E-state index in [9.17, 15) is 18.0 Å². The Balaban J connectivity index is 2.42. The Bertz CT molecular complexity index is 702. The van der Waals surface area contributed by atoms with Crippen LogP contribution in [0.25, 0.3) is 0 Å². The Hall–Kier alpha value is -1.89. The number of sulfone groups is 1. The van der Waals surface area contributed by atoms with E-state index in [-0.39, 0.29) is 17.7 Å². The molecule has 23 heavy (non-hydrogen) atoms. The molecule has 126 valence electrons. The van der Waals surface area contributed by atoms with E-state index in [4.69, 9.17) is 5.11 Å². The molecule has 0 saturated heterocycles. The second-order valence-corrected chi connectivity index (χ2v) is 8.31. The Kier molecular flexibility index (Phi) is 4.79. The van der Waals surface area contributed by atoms with Gasteiger partial charge in [-0.2, -0.15) is 0 Å². The number of carbonyl (C=O) groups is 2. The molecule has 0 aliphatic heterocycles. The lowest BCUT2D eigenvalue weighted by Crippen LogP contribution is -2.54. The van der Waals surface area contributed by atoms with Crippen molar-refractivity contribution in [1.82, 2.24) is 5.32 Å². The van der Waals surface area contributed by atoms with Crippen molar-refractivity contribution in [3.05, 3.63) is 29.8 Å². The van der Waals surface area contributed by atoms with Crippen LogP contribution in [0, 0.1) is 6.92 Å². The molecular weight excluding hydrogens is 318 g/mol. The van der Waals surface area contributed by atoms with E-state index in [2.05, 4.69) is 5.32 Å². The number of hydrogen-bond acceptors (Lipinski definition) is 4. The molecule has 0 heterocycles. The molecule has 1 aromatic carbocycles. The van der Waals surface area contributed by atoms with E-state index in [1.807, 2.05) is 6.92 Å². The maximum Gasteiger partial charge on any atom is 0.325 e. The Morgan fingerprint density at radius 1 is 1.17 bits per heavy atom. The van der Waals surface area contributed by atoms with Gasteiger partial charge < -0.3 is 10.4 Å². The van der Waals surface area contributed by atoms with Gasteiger partial charge in [0.2, 0.25) is 5.91 Å². The first-order valence-electron chi connectivity index (χ1n) is 7.56. The van der Waals surface area contributed by atoms with Crippen molar-refractivity contribution in [2.45, 2.75) is 55.2 Å². The number of aryl methyl sites for hydroxylation is 1. The van der Waals surface area contributed by atoms with Crippen LogP contribution in [0.5, 0.6) is 0 Å². The SMILES string of the molecule is Cc1ccc(S(=O)(=O)C2(C(=O)N[C@H](C)C(=O)O)CCCC2)cc1. The van der Waals surface area contributed by atoms with Gasteiger partial charge in [-0.05, 0) is 38.8 Å². The van der Waals surface area contributed by atoms with Crippen LogP contribution in [0.15, 0.2) is 29.2 Å². The quantitative estimate of drug-likeness (QED) is 0.850. The Morgan fingerprint density at radius 3 is 2.17 bits per heavy atom. The van der Waals surface area contributed by atoms with Crippen molar-refractivity contribution in [2.75, 3.05) is 0 Å². The summed E-state index contributed by atoms with van der Waals surface area (Å²) in [6.45, 7) is 3.17. The van der Waals surface area contributed by atoms with Crippen LogP contribution in [0.3, 0.4) is 0 Å². The minimum atomic E-state index is -3.89. The lowest BCUT2D eigenvalue weighted by Gasteiger charge is -2.28. The number of aliphatic carboxylic acids is 1. The third kappa shape index (κ3) is 3.10. The van der Waals surface area contributed by atoms with Gasteiger partial charge in [-0.1, -0.05) is 30.5 Å². The molecule has 6 nitrogen and oxygen atoms in total. The Morgan fingerprint density at radius 2 is 1.70 bits per heavy atom. The maximum absolute atomic E-state index is 13.1. The van der Waals surface area contributed by atoms with Gasteiger partial charge in [-0.25, -0.2) is 8.42 Å². The Labute approximate surface area is 135 Å². The zero-order valence-corrected chi connectivity index (χ0v) is 14.0. The fraction of sp³-hybridized carbons (Fsp3) is 0.500. The highest BCUT2D eigenvalue weighted by atomic mass is 32.2. The van der Waals surface area contributed by atoms with Gasteiger partial charge in [0.1, 0.15) is 6.04 Å². The molecule has 1 aliphatic rings. The largest absolute Gasteiger partial charge is 0.480 e. The van der Waals surface area contributed by atoms with E-state index in [1.165, 1.54) is 19.1 Å². The zero-order chi connectivity index (χ0) is 17.3. The highest BCUT2D eigenvalue weighted by Crippen LogP contribution is 2.40. The van der Waals surface area contributed by atoms with E-state index in [0.717, 1.165) is 5.56 Å². The number of rotatable bonds is 5. The van der Waals surface area contributed by atoms with E-state index < -0.39 is 32.5 Å². The minimum absolute atomic E-state index is 0.100. The highest BCUT2D eigenvalue weighted by Gasteiger charge is 2.53. The van der Waals surface area contributed by atoms with E-state index in [1.54, 1.807) is 12.1 Å². The van der Waals surface area contributed by atoms with Crippen LogP contribution in [0.1, 0.15) is 38.2 Å². The summed E-state index contributed by atoms with van der Waals surface area (Å²) in [6.07, 6.45) is 1.67. The molecule has 2 N–H and O–H groups in total. The number of amides is 1. The first-order chi connectivity index (χ1) is 10.7. The van der Waals surface area contributed by atoms with Crippen molar-refractivity contribution in [3.8, 4) is 0 Å². The van der Waals surface area contributed by atoms with Gasteiger partial charge in [-0.3, -0.25) is 9.59 Å². The summed E-state index contributed by atoms with van der Waals surface area (Å²) >= 11 is 0. The summed E-state index contributed by atoms with van der Waals surface area (Å²) in [4.78, 5) is 23.7. The number of carbonyl (C=O) groups excluding carboxylic acids is 1. The molecule has 0 bridgehead atoms. The number of hydrogen-bond donors (Lipinski definition) is 2. The molecule has 7 heteroatoms. The van der Waals surface area contributed by atoms with Crippen molar-refractivity contribution >= 4 is 21.7 Å². The average Bonchev–Trinajstić information content (AvgIpc) is 2.98. The molecule has 0 unspecified atom stereocenters. The topological polar surface area (TPSA) is 101 Å². The van der Waals surface area contributed by atoms with Gasteiger partial charge in [-0.15, -0.1) is 0 Å². The second-order valence-electron chi connectivity index (χ2n) is 6.05. The fourth-order valence-corrected chi connectivity index (χ4v) is 4.97. The van der Waals surface area contributed by atoms with Crippen molar-refractivity contribution in [1.29, 1.82) is 0 Å². The highest BCUT2D eigenvalue weighted by molar-refractivity contribution is 7.93. The first kappa shape index (κ1) is 17.5. The standard InChI is InChI=1S/C16H21NO5S/c1-11-5-7-13(8-6-11)23(21,22)16(9-3-4-10-16)15(20)17-12(2)14(18)19/h5-8,12H,3-4,9-10H2,1-2H3,(H,17,20)(H,18,19)/t12-/m1/s1. The lowest BCUT2D eigenvalue weighted by molar-refractivity contribution is -0.141. The van der Waals surface area contributed by atoms with Crippen LogP contribution in [-0.2, 0) is 19.4 Å². The number of nitrogens with one attached hydrogen (secondary N) is 1. The van der Waals surface area contributed by atoms with Gasteiger partial charge in [0.25, 0.3) is 0 Å². The molecule has 0 radical (unpaired) electrons. The zero-order valence-electron chi connectivity index (χ0n) is 13.2. The van der Waals surface area contributed by atoms with Crippen molar-refractivity contribution in [2.24, 2.45) is 0 Å². The van der Waals surface area contributed by atoms with Crippen LogP contribution in [0.2, 0.25) is 0 Å². The number of carboxylic acid groups (broad SMARTS) is 1. The third-order valence-corrected chi connectivity index (χ3v) is 6.90. The molecule has 1 aliphatic carbocycles. The predicted octanol–water partition coefficient (Wildman–Crippen LogP) is 1.67. The summed E-state index contributed by atoms with van der Waals surface area (Å²) < 4.78 is 24.5. The molecule has 0 aromatic heterocycles.